The van der Waals surface area contributed by atoms with E-state index in [0.717, 1.165) is 23.3 Å². The molecule has 28 heavy (non-hydrogen) atoms. The Morgan fingerprint density at radius 3 is 2.39 bits per heavy atom. The fraction of sp³-hybridized carbons (Fsp3) is 0.500. The van der Waals surface area contributed by atoms with E-state index in [0.29, 0.717) is 12.1 Å². The smallest absolute Gasteiger partial charge is 0.325 e. The number of nitrogens with zero attached hydrogens (tertiary/aromatic N) is 1. The highest BCUT2D eigenvalue weighted by atomic mass is 16.2. The fourth-order valence-electron chi connectivity index (χ4n) is 2.98. The third-order valence-electron chi connectivity index (χ3n) is 4.57. The fourth-order valence-corrected chi connectivity index (χ4v) is 2.98. The van der Waals surface area contributed by atoms with Gasteiger partial charge in [-0.05, 0) is 30.4 Å². The molecule has 8 nitrogen and oxygen atoms in total. The second kappa shape index (κ2) is 8.86. The normalized spacial score (nSPS) is 19.0. The second-order valence-corrected chi connectivity index (χ2v) is 7.55. The Labute approximate surface area is 165 Å². The van der Waals surface area contributed by atoms with Crippen LogP contribution in [0.15, 0.2) is 24.3 Å². The van der Waals surface area contributed by atoms with Gasteiger partial charge >= 0.3 is 12.1 Å². The predicted molar refractivity (Wildman–Crippen MR) is 104 cm³/mol. The predicted octanol–water partition coefficient (Wildman–Crippen LogP) is 1.89. The third-order valence-corrected chi connectivity index (χ3v) is 4.57. The van der Waals surface area contributed by atoms with Crippen molar-refractivity contribution in [1.82, 2.24) is 20.9 Å². The van der Waals surface area contributed by atoms with Crippen molar-refractivity contribution in [2.24, 2.45) is 5.92 Å². The van der Waals surface area contributed by atoms with Gasteiger partial charge in [-0.1, -0.05) is 51.5 Å². The van der Waals surface area contributed by atoms with Gasteiger partial charge in [0, 0.05) is 6.54 Å². The number of urea groups is 2. The van der Waals surface area contributed by atoms with E-state index < -0.39 is 36.0 Å². The highest BCUT2D eigenvalue weighted by Crippen LogP contribution is 2.29. The molecule has 1 unspecified atom stereocenters. The van der Waals surface area contributed by atoms with E-state index in [-0.39, 0.29) is 5.92 Å². The summed E-state index contributed by atoms with van der Waals surface area (Å²) in [6.45, 7) is 7.42. The molecule has 1 fully saturated rings. The highest BCUT2D eigenvalue weighted by molar-refractivity contribution is 6.10. The summed E-state index contributed by atoms with van der Waals surface area (Å²) < 4.78 is 0. The van der Waals surface area contributed by atoms with Crippen molar-refractivity contribution < 1.29 is 19.2 Å². The zero-order chi connectivity index (χ0) is 20.9. The van der Waals surface area contributed by atoms with Crippen molar-refractivity contribution in [3.8, 4) is 0 Å². The molecule has 1 saturated heterocycles. The molecule has 0 spiro atoms. The maximum atomic E-state index is 12.8. The molecule has 0 bridgehead atoms. The molecule has 3 N–H and O–H groups in total. The minimum absolute atomic E-state index is 0.233. The van der Waals surface area contributed by atoms with Crippen LogP contribution in [-0.2, 0) is 21.5 Å². The standard InChI is InChI=1S/C20H28N4O4/c1-5-6-14-7-9-15(10-8-14)20(4)17(26)24(19(28)23-20)12-16(25)22-18(27)21-11-13(2)3/h7-10,13H,5-6,11-12H2,1-4H3,(H,23,28)(H2,21,22,25,27). The molecule has 1 aliphatic rings. The van der Waals surface area contributed by atoms with Crippen molar-refractivity contribution in [3.05, 3.63) is 35.4 Å². The summed E-state index contributed by atoms with van der Waals surface area (Å²) in [5.41, 5.74) is 0.542. The number of amides is 6. The molecular formula is C20H28N4O4. The van der Waals surface area contributed by atoms with Crippen LogP contribution in [0.4, 0.5) is 9.59 Å². The Morgan fingerprint density at radius 1 is 1.18 bits per heavy atom. The van der Waals surface area contributed by atoms with Crippen LogP contribution >= 0.6 is 0 Å². The van der Waals surface area contributed by atoms with Crippen LogP contribution < -0.4 is 16.0 Å². The van der Waals surface area contributed by atoms with Crippen molar-refractivity contribution in [3.63, 3.8) is 0 Å². The molecule has 1 atom stereocenters. The summed E-state index contributed by atoms with van der Waals surface area (Å²) in [5.74, 6) is -1.03. The number of nitrogens with one attached hydrogen (secondary N) is 3. The average Bonchev–Trinajstić information content (AvgIpc) is 2.85. The molecule has 1 heterocycles. The Hall–Kier alpha value is -2.90. The van der Waals surface area contributed by atoms with Crippen molar-refractivity contribution >= 4 is 23.9 Å². The molecular weight excluding hydrogens is 360 g/mol. The molecule has 0 radical (unpaired) electrons. The van der Waals surface area contributed by atoms with Crippen LogP contribution in [0.3, 0.4) is 0 Å². The van der Waals surface area contributed by atoms with Crippen LogP contribution in [-0.4, -0.2) is 41.9 Å². The number of carbonyl (C=O) groups is 4. The summed E-state index contributed by atoms with van der Waals surface area (Å²) in [6, 6.07) is 6.16. The number of carbonyl (C=O) groups excluding carboxylic acids is 4. The maximum absolute atomic E-state index is 12.8. The Balaban J connectivity index is 2.04. The number of benzene rings is 1. The van der Waals surface area contributed by atoms with Crippen molar-refractivity contribution in [1.29, 1.82) is 0 Å². The molecule has 0 aliphatic carbocycles. The quantitative estimate of drug-likeness (QED) is 0.620. The molecule has 152 valence electrons. The molecule has 0 saturated carbocycles. The topological polar surface area (TPSA) is 108 Å². The second-order valence-electron chi connectivity index (χ2n) is 7.55. The van der Waals surface area contributed by atoms with E-state index in [1.807, 2.05) is 38.1 Å². The lowest BCUT2D eigenvalue weighted by Crippen LogP contribution is -2.47. The van der Waals surface area contributed by atoms with Gasteiger partial charge in [0.25, 0.3) is 5.91 Å². The summed E-state index contributed by atoms with van der Waals surface area (Å²) in [6.07, 6.45) is 1.95. The minimum Gasteiger partial charge on any atom is -0.338 e. The molecule has 8 heteroatoms. The van der Waals surface area contributed by atoms with Crippen molar-refractivity contribution in [2.75, 3.05) is 13.1 Å². The number of imide groups is 2. The van der Waals surface area contributed by atoms with Gasteiger partial charge in [0.2, 0.25) is 5.91 Å². The van der Waals surface area contributed by atoms with Gasteiger partial charge < -0.3 is 10.6 Å². The van der Waals surface area contributed by atoms with Crippen molar-refractivity contribution in [2.45, 2.75) is 46.1 Å². The van der Waals surface area contributed by atoms with Gasteiger partial charge in [-0.15, -0.1) is 0 Å². The highest BCUT2D eigenvalue weighted by Gasteiger charge is 2.49. The number of hydrogen-bond donors (Lipinski definition) is 3. The molecule has 6 amide bonds. The van der Waals surface area contributed by atoms with Crippen LogP contribution in [0.5, 0.6) is 0 Å². The Bertz CT molecular complexity index is 760. The molecule has 0 aromatic heterocycles. The molecule has 1 aromatic carbocycles. The summed E-state index contributed by atoms with van der Waals surface area (Å²) in [7, 11) is 0. The maximum Gasteiger partial charge on any atom is 0.325 e. The zero-order valence-corrected chi connectivity index (χ0v) is 16.8. The van der Waals surface area contributed by atoms with Gasteiger partial charge in [-0.3, -0.25) is 19.8 Å². The van der Waals surface area contributed by atoms with Gasteiger partial charge in [0.15, 0.2) is 0 Å². The number of rotatable bonds is 7. The lowest BCUT2D eigenvalue weighted by Gasteiger charge is -2.22. The Morgan fingerprint density at radius 2 is 1.82 bits per heavy atom. The molecule has 2 rings (SSSR count). The van der Waals surface area contributed by atoms with E-state index >= 15 is 0 Å². The van der Waals surface area contributed by atoms with E-state index in [4.69, 9.17) is 0 Å². The first-order valence-corrected chi connectivity index (χ1v) is 9.48. The first-order chi connectivity index (χ1) is 13.2. The van der Waals surface area contributed by atoms with Crippen LogP contribution in [0.1, 0.15) is 45.2 Å². The largest absolute Gasteiger partial charge is 0.338 e. The monoisotopic (exact) mass is 388 g/mol. The van der Waals surface area contributed by atoms with E-state index in [9.17, 15) is 19.2 Å². The first kappa shape index (κ1) is 21.4. The van der Waals surface area contributed by atoms with E-state index in [1.54, 1.807) is 6.92 Å². The number of hydrogen-bond acceptors (Lipinski definition) is 4. The lowest BCUT2D eigenvalue weighted by atomic mass is 9.91. The van der Waals surface area contributed by atoms with E-state index in [2.05, 4.69) is 22.9 Å². The summed E-state index contributed by atoms with van der Waals surface area (Å²) >= 11 is 0. The third kappa shape index (κ3) is 4.88. The van der Waals surface area contributed by atoms with Crippen LogP contribution in [0, 0.1) is 5.92 Å². The summed E-state index contributed by atoms with van der Waals surface area (Å²) in [4.78, 5) is 49.7. The Kier molecular flexibility index (Phi) is 6.77. The van der Waals surface area contributed by atoms with Gasteiger partial charge in [0.1, 0.15) is 12.1 Å². The van der Waals surface area contributed by atoms with Gasteiger partial charge in [-0.25, -0.2) is 9.59 Å². The first-order valence-electron chi connectivity index (χ1n) is 9.48. The lowest BCUT2D eigenvalue weighted by molar-refractivity contribution is -0.134. The van der Waals surface area contributed by atoms with E-state index in [1.165, 1.54) is 0 Å². The van der Waals surface area contributed by atoms with Gasteiger partial charge in [0.05, 0.1) is 0 Å². The van der Waals surface area contributed by atoms with Crippen LogP contribution in [0.2, 0.25) is 0 Å². The molecule has 1 aromatic rings. The zero-order valence-electron chi connectivity index (χ0n) is 16.8. The SMILES string of the molecule is CCCc1ccc(C2(C)NC(=O)N(CC(=O)NC(=O)NCC(C)C)C2=O)cc1. The molecule has 1 aliphatic heterocycles. The average molecular weight is 388 g/mol. The van der Waals surface area contributed by atoms with Crippen LogP contribution in [0.25, 0.3) is 0 Å². The van der Waals surface area contributed by atoms with Gasteiger partial charge in [-0.2, -0.15) is 0 Å². The summed E-state index contributed by atoms with van der Waals surface area (Å²) in [5, 5.41) is 7.33. The number of aryl methyl sites for hydroxylation is 1. The minimum atomic E-state index is -1.25.